The van der Waals surface area contributed by atoms with Crippen molar-refractivity contribution >= 4 is 23.2 Å². The second-order valence-electron chi connectivity index (χ2n) is 3.26. The summed E-state index contributed by atoms with van der Waals surface area (Å²) < 4.78 is 4.95. The second kappa shape index (κ2) is 7.08. The maximum Gasteiger partial charge on any atom is 0.223 e. The smallest absolute Gasteiger partial charge is 0.223 e. The second-order valence-corrected chi connectivity index (χ2v) is 3.70. The van der Waals surface area contributed by atoms with Crippen molar-refractivity contribution in [2.45, 2.75) is 12.8 Å². The zero-order valence-electron chi connectivity index (χ0n) is 9.27. The molecule has 0 aliphatic rings. The molecular weight excluding hydrogens is 224 g/mol. The Bertz CT molecular complexity index is 345. The van der Waals surface area contributed by atoms with Crippen LogP contribution in [0, 0.1) is 0 Å². The van der Waals surface area contributed by atoms with E-state index in [0.29, 0.717) is 11.6 Å². The molecule has 0 saturated heterocycles. The molecule has 1 aromatic heterocycles. The van der Waals surface area contributed by atoms with Gasteiger partial charge in [-0.2, -0.15) is 0 Å². The van der Waals surface area contributed by atoms with Crippen LogP contribution in [0.5, 0.6) is 0 Å². The van der Waals surface area contributed by atoms with Gasteiger partial charge in [0, 0.05) is 26.5 Å². The summed E-state index contributed by atoms with van der Waals surface area (Å²) in [5.74, 6) is 0.558. The number of nitrogens with zero attached hydrogens (tertiary/aromatic N) is 2. The molecule has 0 aliphatic carbocycles. The third-order valence-electron chi connectivity index (χ3n) is 1.97. The van der Waals surface area contributed by atoms with Crippen LogP contribution in [0.3, 0.4) is 0 Å². The first-order chi connectivity index (χ1) is 7.74. The molecule has 0 radical (unpaired) electrons. The lowest BCUT2D eigenvalue weighted by Gasteiger charge is -2.05. The van der Waals surface area contributed by atoms with Crippen LogP contribution in [-0.2, 0) is 4.74 Å². The number of thiocarbonyl (C=S) groups is 1. The summed E-state index contributed by atoms with van der Waals surface area (Å²) in [4.78, 5) is 8.52. The van der Waals surface area contributed by atoms with Gasteiger partial charge in [0.15, 0.2) is 0 Å². The summed E-state index contributed by atoms with van der Waals surface area (Å²) in [5.41, 5.74) is 6.06. The number of methoxy groups -OCH3 is 1. The highest BCUT2D eigenvalue weighted by Crippen LogP contribution is 2.01. The third-order valence-corrected chi connectivity index (χ3v) is 2.18. The minimum absolute atomic E-state index is 0.282. The third kappa shape index (κ3) is 4.50. The number of nitrogens with two attached hydrogens (primary N) is 1. The lowest BCUT2D eigenvalue weighted by Crippen LogP contribution is -2.14. The summed E-state index contributed by atoms with van der Waals surface area (Å²) in [5, 5.41) is 3.11. The molecule has 1 rings (SSSR count). The molecule has 0 atom stereocenters. The van der Waals surface area contributed by atoms with Crippen LogP contribution < -0.4 is 11.1 Å². The Morgan fingerprint density at radius 1 is 1.56 bits per heavy atom. The molecule has 0 unspecified atom stereocenters. The first-order valence-electron chi connectivity index (χ1n) is 5.09. The van der Waals surface area contributed by atoms with Gasteiger partial charge in [0.1, 0.15) is 10.7 Å². The van der Waals surface area contributed by atoms with E-state index in [9.17, 15) is 0 Å². The van der Waals surface area contributed by atoms with Crippen LogP contribution in [0.25, 0.3) is 0 Å². The van der Waals surface area contributed by atoms with Crippen molar-refractivity contribution in [1.29, 1.82) is 0 Å². The summed E-state index contributed by atoms with van der Waals surface area (Å²) in [7, 11) is 1.70. The number of unbranched alkanes of at least 4 members (excludes halogenated alkanes) is 1. The van der Waals surface area contributed by atoms with Gasteiger partial charge in [0.2, 0.25) is 5.95 Å². The van der Waals surface area contributed by atoms with Crippen molar-refractivity contribution in [2.75, 3.05) is 25.6 Å². The van der Waals surface area contributed by atoms with Crippen LogP contribution in [0.15, 0.2) is 12.3 Å². The SMILES string of the molecule is COCCCCNc1nccc(C(N)=S)n1. The maximum absolute atomic E-state index is 5.47. The van der Waals surface area contributed by atoms with E-state index < -0.39 is 0 Å². The number of hydrogen-bond acceptors (Lipinski definition) is 5. The van der Waals surface area contributed by atoms with E-state index in [-0.39, 0.29) is 4.99 Å². The molecule has 0 aliphatic heterocycles. The summed E-state index contributed by atoms with van der Waals surface area (Å²) in [6.45, 7) is 1.58. The van der Waals surface area contributed by atoms with Gasteiger partial charge in [-0.1, -0.05) is 12.2 Å². The molecule has 5 nitrogen and oxygen atoms in total. The van der Waals surface area contributed by atoms with Gasteiger partial charge < -0.3 is 15.8 Å². The molecule has 1 aromatic rings. The first-order valence-corrected chi connectivity index (χ1v) is 5.50. The molecule has 0 amide bonds. The van der Waals surface area contributed by atoms with E-state index in [1.165, 1.54) is 0 Å². The van der Waals surface area contributed by atoms with Crippen LogP contribution in [0.4, 0.5) is 5.95 Å². The molecule has 6 heteroatoms. The van der Waals surface area contributed by atoms with E-state index in [0.717, 1.165) is 26.0 Å². The molecule has 1 heterocycles. The van der Waals surface area contributed by atoms with Crippen LogP contribution in [0.1, 0.15) is 18.5 Å². The standard InChI is InChI=1S/C10H16N4OS/c1-15-7-3-2-5-12-10-13-6-4-8(14-10)9(11)16/h4,6H,2-3,5,7H2,1H3,(H2,11,16)(H,12,13,14). The Balaban J connectivity index is 2.36. The first kappa shape index (κ1) is 12.8. The van der Waals surface area contributed by atoms with Crippen molar-refractivity contribution in [2.24, 2.45) is 5.73 Å². The normalized spacial score (nSPS) is 10.1. The van der Waals surface area contributed by atoms with Crippen molar-refractivity contribution < 1.29 is 4.74 Å². The topological polar surface area (TPSA) is 73.1 Å². The van der Waals surface area contributed by atoms with Gasteiger partial charge in [-0.05, 0) is 18.9 Å². The number of anilines is 1. The van der Waals surface area contributed by atoms with E-state index in [4.69, 9.17) is 22.7 Å². The molecule has 88 valence electrons. The Morgan fingerprint density at radius 2 is 2.38 bits per heavy atom. The highest BCUT2D eigenvalue weighted by atomic mass is 32.1. The number of aromatic nitrogens is 2. The molecule has 16 heavy (non-hydrogen) atoms. The highest BCUT2D eigenvalue weighted by molar-refractivity contribution is 7.80. The van der Waals surface area contributed by atoms with Gasteiger partial charge in [-0.3, -0.25) is 0 Å². The van der Waals surface area contributed by atoms with Crippen molar-refractivity contribution in [1.82, 2.24) is 9.97 Å². The van der Waals surface area contributed by atoms with Gasteiger partial charge in [-0.25, -0.2) is 9.97 Å². The fourth-order valence-electron chi connectivity index (χ4n) is 1.15. The number of nitrogens with one attached hydrogen (secondary N) is 1. The molecule has 0 aromatic carbocycles. The minimum atomic E-state index is 0.282. The number of rotatable bonds is 7. The summed E-state index contributed by atoms with van der Waals surface area (Å²) >= 11 is 4.83. The molecule has 0 bridgehead atoms. The van der Waals surface area contributed by atoms with Crippen LogP contribution in [-0.4, -0.2) is 35.2 Å². The van der Waals surface area contributed by atoms with Crippen molar-refractivity contribution in [3.8, 4) is 0 Å². The molecule has 0 spiro atoms. The quantitative estimate of drug-likeness (QED) is 0.546. The van der Waals surface area contributed by atoms with E-state index >= 15 is 0 Å². The van der Waals surface area contributed by atoms with Gasteiger partial charge in [0.05, 0.1) is 0 Å². The predicted octanol–water partition coefficient (Wildman–Crippen LogP) is 0.949. The Labute approximate surface area is 100 Å². The van der Waals surface area contributed by atoms with E-state index in [1.54, 1.807) is 19.4 Å². The van der Waals surface area contributed by atoms with Crippen LogP contribution in [0.2, 0.25) is 0 Å². The Kier molecular flexibility index (Phi) is 5.66. The lowest BCUT2D eigenvalue weighted by atomic mass is 10.3. The average molecular weight is 240 g/mol. The Morgan fingerprint density at radius 3 is 3.06 bits per heavy atom. The highest BCUT2D eigenvalue weighted by Gasteiger charge is 2.00. The molecular formula is C10H16N4OS. The number of hydrogen-bond donors (Lipinski definition) is 2. The number of ether oxygens (including phenoxy) is 1. The fourth-order valence-corrected chi connectivity index (χ4v) is 1.27. The zero-order chi connectivity index (χ0) is 11.8. The monoisotopic (exact) mass is 240 g/mol. The van der Waals surface area contributed by atoms with Crippen molar-refractivity contribution in [3.05, 3.63) is 18.0 Å². The van der Waals surface area contributed by atoms with Crippen LogP contribution >= 0.6 is 12.2 Å². The maximum atomic E-state index is 5.47. The summed E-state index contributed by atoms with van der Waals surface area (Å²) in [6, 6.07) is 1.69. The zero-order valence-corrected chi connectivity index (χ0v) is 10.1. The van der Waals surface area contributed by atoms with Crippen molar-refractivity contribution in [3.63, 3.8) is 0 Å². The molecule has 3 N–H and O–H groups in total. The van der Waals surface area contributed by atoms with Gasteiger partial charge in [-0.15, -0.1) is 0 Å². The lowest BCUT2D eigenvalue weighted by molar-refractivity contribution is 0.193. The molecule has 0 fully saturated rings. The van der Waals surface area contributed by atoms with E-state index in [1.807, 2.05) is 0 Å². The predicted molar refractivity (Wildman–Crippen MR) is 67.5 cm³/mol. The average Bonchev–Trinajstić information content (AvgIpc) is 2.29. The minimum Gasteiger partial charge on any atom is -0.388 e. The van der Waals surface area contributed by atoms with E-state index in [2.05, 4.69) is 15.3 Å². The largest absolute Gasteiger partial charge is 0.388 e. The van der Waals surface area contributed by atoms with Gasteiger partial charge >= 0.3 is 0 Å². The fraction of sp³-hybridized carbons (Fsp3) is 0.500. The molecule has 0 saturated carbocycles. The summed E-state index contributed by atoms with van der Waals surface area (Å²) in [6.07, 6.45) is 3.66. The Hall–Kier alpha value is -1.27. The van der Waals surface area contributed by atoms with Gasteiger partial charge in [0.25, 0.3) is 0 Å².